The predicted molar refractivity (Wildman–Crippen MR) is 133 cm³/mol. The van der Waals surface area contributed by atoms with Crippen LogP contribution >= 0.6 is 0 Å². The molecule has 0 aliphatic carbocycles. The van der Waals surface area contributed by atoms with E-state index in [1.165, 1.54) is 37.8 Å². The van der Waals surface area contributed by atoms with Gasteiger partial charge in [-0.3, -0.25) is 14.1 Å². The van der Waals surface area contributed by atoms with Crippen LogP contribution in [0.4, 0.5) is 10.3 Å². The van der Waals surface area contributed by atoms with E-state index >= 15 is 0 Å². The highest BCUT2D eigenvalue weighted by Gasteiger charge is 2.32. The third-order valence-corrected chi connectivity index (χ3v) is 7.63. The fourth-order valence-electron chi connectivity index (χ4n) is 3.62. The second-order valence-corrected chi connectivity index (χ2v) is 10.1. The normalized spacial score (nSPS) is 13.1. The molecule has 194 valence electrons. The first-order chi connectivity index (χ1) is 17.7. The van der Waals surface area contributed by atoms with E-state index in [0.29, 0.717) is 17.2 Å². The van der Waals surface area contributed by atoms with Gasteiger partial charge in [0.15, 0.2) is 11.6 Å². The first-order valence-corrected chi connectivity index (χ1v) is 12.6. The molecule has 0 saturated carbocycles. The van der Waals surface area contributed by atoms with Gasteiger partial charge in [-0.1, -0.05) is 19.1 Å². The standard InChI is InChI=1S/C23H24FN7O5S/c1-13(21-25-11-15(24)12-26-21)14(2)37(33,34)30-23-29-28-22(16-7-5-10-19(32)27-16)31(23)20-17(35-3)8-6-9-18(20)36-4/h5-14H,1-4H3,(H,27,32)(H,29,30)/t13-,14-/m0/s1. The molecule has 3 heterocycles. The minimum Gasteiger partial charge on any atom is -0.494 e. The van der Waals surface area contributed by atoms with Crippen molar-refractivity contribution in [1.29, 1.82) is 0 Å². The van der Waals surface area contributed by atoms with E-state index in [2.05, 4.69) is 29.9 Å². The molecule has 37 heavy (non-hydrogen) atoms. The lowest BCUT2D eigenvalue weighted by atomic mass is 10.1. The summed E-state index contributed by atoms with van der Waals surface area (Å²) in [5.41, 5.74) is 0.194. The number of para-hydroxylation sites is 1. The smallest absolute Gasteiger partial charge is 0.248 e. The van der Waals surface area contributed by atoms with Crippen LogP contribution in [0.5, 0.6) is 11.5 Å². The number of hydrogen-bond donors (Lipinski definition) is 2. The Hall–Kier alpha value is -4.33. The summed E-state index contributed by atoms with van der Waals surface area (Å²) in [6.07, 6.45) is 1.95. The van der Waals surface area contributed by atoms with Crippen molar-refractivity contribution in [3.8, 4) is 28.7 Å². The Morgan fingerprint density at radius 1 is 1.00 bits per heavy atom. The van der Waals surface area contributed by atoms with E-state index in [0.717, 1.165) is 12.4 Å². The van der Waals surface area contributed by atoms with E-state index in [4.69, 9.17) is 9.47 Å². The van der Waals surface area contributed by atoms with Gasteiger partial charge >= 0.3 is 0 Å². The molecule has 1 aromatic carbocycles. The number of pyridine rings is 1. The molecule has 0 saturated heterocycles. The molecule has 0 bridgehead atoms. The molecule has 0 spiro atoms. The number of aromatic amines is 1. The van der Waals surface area contributed by atoms with E-state index in [-0.39, 0.29) is 28.9 Å². The van der Waals surface area contributed by atoms with Crippen molar-refractivity contribution in [2.75, 3.05) is 18.9 Å². The molecule has 3 aromatic heterocycles. The van der Waals surface area contributed by atoms with Crippen LogP contribution in [0.15, 0.2) is 53.6 Å². The molecule has 0 aliphatic rings. The molecule has 0 unspecified atom stereocenters. The second-order valence-electron chi connectivity index (χ2n) is 8.02. The summed E-state index contributed by atoms with van der Waals surface area (Å²) in [5.74, 6) is -0.548. The SMILES string of the molecule is COc1cccc(OC)c1-n1c(NS(=O)(=O)[C@@H](C)[C@H](C)c2ncc(F)cn2)nnc1-c1cccc(=O)[nH]1. The molecule has 4 rings (SSSR count). The van der Waals surface area contributed by atoms with Crippen molar-refractivity contribution in [3.63, 3.8) is 0 Å². The molecule has 0 fully saturated rings. The molecule has 4 aromatic rings. The lowest BCUT2D eigenvalue weighted by Crippen LogP contribution is -2.31. The first-order valence-electron chi connectivity index (χ1n) is 11.0. The van der Waals surface area contributed by atoms with Crippen molar-refractivity contribution in [3.05, 3.63) is 70.8 Å². The maximum absolute atomic E-state index is 13.4. The number of aromatic nitrogens is 6. The van der Waals surface area contributed by atoms with Crippen molar-refractivity contribution in [1.82, 2.24) is 29.7 Å². The highest BCUT2D eigenvalue weighted by molar-refractivity contribution is 7.93. The van der Waals surface area contributed by atoms with Crippen LogP contribution < -0.4 is 19.8 Å². The number of nitrogens with one attached hydrogen (secondary N) is 2. The van der Waals surface area contributed by atoms with Gasteiger partial charge in [0, 0.05) is 12.0 Å². The van der Waals surface area contributed by atoms with Gasteiger partial charge in [0.1, 0.15) is 23.0 Å². The van der Waals surface area contributed by atoms with Crippen molar-refractivity contribution in [2.45, 2.75) is 25.0 Å². The van der Waals surface area contributed by atoms with E-state index in [9.17, 15) is 17.6 Å². The second kappa shape index (κ2) is 10.3. The molecule has 14 heteroatoms. The fourth-order valence-corrected chi connectivity index (χ4v) is 4.85. The Kier molecular flexibility index (Phi) is 7.20. The van der Waals surface area contributed by atoms with Gasteiger partial charge in [0.2, 0.25) is 21.5 Å². The number of methoxy groups -OCH3 is 2. The summed E-state index contributed by atoms with van der Waals surface area (Å²) in [5, 5.41) is 7.17. The van der Waals surface area contributed by atoms with Crippen molar-refractivity contribution < 1.29 is 22.3 Å². The average Bonchev–Trinajstić information content (AvgIpc) is 3.29. The molecular weight excluding hydrogens is 505 g/mol. The predicted octanol–water partition coefficient (Wildman–Crippen LogP) is 2.50. The zero-order valence-corrected chi connectivity index (χ0v) is 21.2. The summed E-state index contributed by atoms with van der Waals surface area (Å²) < 4.78 is 55.0. The highest BCUT2D eigenvalue weighted by atomic mass is 32.2. The largest absolute Gasteiger partial charge is 0.494 e. The Bertz CT molecular complexity index is 1550. The quantitative estimate of drug-likeness (QED) is 0.333. The van der Waals surface area contributed by atoms with Gasteiger partial charge < -0.3 is 14.5 Å². The third kappa shape index (κ3) is 5.14. The third-order valence-electron chi connectivity index (χ3n) is 5.77. The minimum atomic E-state index is -4.12. The van der Waals surface area contributed by atoms with Crippen molar-refractivity contribution >= 4 is 16.0 Å². The van der Waals surface area contributed by atoms with Gasteiger partial charge in [0.05, 0.1) is 37.6 Å². The topological polar surface area (TPSA) is 154 Å². The summed E-state index contributed by atoms with van der Waals surface area (Å²) >= 11 is 0. The molecule has 0 amide bonds. The number of halogens is 1. The van der Waals surface area contributed by atoms with E-state index in [1.807, 2.05) is 0 Å². The maximum Gasteiger partial charge on any atom is 0.248 e. The fraction of sp³-hybridized carbons (Fsp3) is 0.261. The number of nitrogens with zero attached hydrogens (tertiary/aromatic N) is 5. The summed E-state index contributed by atoms with van der Waals surface area (Å²) in [6, 6.07) is 9.47. The number of anilines is 1. The van der Waals surface area contributed by atoms with Gasteiger partial charge in [-0.2, -0.15) is 0 Å². The van der Waals surface area contributed by atoms with Gasteiger partial charge in [0.25, 0.3) is 0 Å². The molecular formula is C23H24FN7O5S. The van der Waals surface area contributed by atoms with Crippen LogP contribution in [0, 0.1) is 5.82 Å². The molecule has 12 nitrogen and oxygen atoms in total. The summed E-state index contributed by atoms with van der Waals surface area (Å²) in [6.45, 7) is 3.09. The van der Waals surface area contributed by atoms with Gasteiger partial charge in [-0.25, -0.2) is 22.8 Å². The molecule has 2 N–H and O–H groups in total. The minimum absolute atomic E-state index is 0.126. The lowest BCUT2D eigenvalue weighted by Gasteiger charge is -2.21. The molecule has 0 radical (unpaired) electrons. The number of benzene rings is 1. The Labute approximate surface area is 211 Å². The Morgan fingerprint density at radius 2 is 1.62 bits per heavy atom. The van der Waals surface area contributed by atoms with Crippen LogP contribution in [0.3, 0.4) is 0 Å². The number of hydrogen-bond acceptors (Lipinski definition) is 9. The number of rotatable bonds is 9. The van der Waals surface area contributed by atoms with Crippen LogP contribution in [0.2, 0.25) is 0 Å². The maximum atomic E-state index is 13.4. The average molecular weight is 530 g/mol. The van der Waals surface area contributed by atoms with Crippen LogP contribution in [0.1, 0.15) is 25.6 Å². The number of H-pyrrole nitrogens is 1. The van der Waals surface area contributed by atoms with E-state index in [1.54, 1.807) is 31.2 Å². The monoisotopic (exact) mass is 529 g/mol. The zero-order chi connectivity index (χ0) is 26.7. The van der Waals surface area contributed by atoms with Gasteiger partial charge in [-0.15, -0.1) is 10.2 Å². The van der Waals surface area contributed by atoms with Crippen LogP contribution in [-0.2, 0) is 10.0 Å². The number of ether oxygens (including phenoxy) is 2. The molecule has 2 atom stereocenters. The first kappa shape index (κ1) is 25.8. The van der Waals surface area contributed by atoms with E-state index < -0.39 is 27.0 Å². The van der Waals surface area contributed by atoms with Crippen LogP contribution in [0.25, 0.3) is 17.2 Å². The Balaban J connectivity index is 1.84. The summed E-state index contributed by atoms with van der Waals surface area (Å²) in [7, 11) is -1.22. The number of sulfonamides is 1. The molecule has 0 aliphatic heterocycles. The highest BCUT2D eigenvalue weighted by Crippen LogP contribution is 2.37. The lowest BCUT2D eigenvalue weighted by molar-refractivity contribution is 0.391. The van der Waals surface area contributed by atoms with Crippen molar-refractivity contribution in [2.24, 2.45) is 0 Å². The van der Waals surface area contributed by atoms with Crippen LogP contribution in [-0.4, -0.2) is 57.6 Å². The van der Waals surface area contributed by atoms with Gasteiger partial charge in [-0.05, 0) is 25.1 Å². The Morgan fingerprint density at radius 3 is 2.22 bits per heavy atom. The zero-order valence-electron chi connectivity index (χ0n) is 20.3. The summed E-state index contributed by atoms with van der Waals surface area (Å²) in [4.78, 5) is 22.5.